The standard InChI is InChI=1S/C14H18BFO3/c1-9(17)11-7-6-10(16)8-12(11)15-18-13(2,3)14(4,5)19-15/h6-8H,1-5H3. The first kappa shape index (κ1) is 14.2. The largest absolute Gasteiger partial charge is 0.495 e. The summed E-state index contributed by atoms with van der Waals surface area (Å²) in [4.78, 5) is 11.6. The van der Waals surface area contributed by atoms with Gasteiger partial charge in [0, 0.05) is 5.56 Å². The minimum Gasteiger partial charge on any atom is -0.399 e. The molecule has 0 atom stereocenters. The summed E-state index contributed by atoms with van der Waals surface area (Å²) in [6.07, 6.45) is 0. The summed E-state index contributed by atoms with van der Waals surface area (Å²) in [5, 5.41) is 0. The van der Waals surface area contributed by atoms with Crippen molar-refractivity contribution in [3.63, 3.8) is 0 Å². The molecule has 0 saturated carbocycles. The molecule has 0 aliphatic carbocycles. The second-order valence-corrected chi connectivity index (χ2v) is 5.88. The normalized spacial score (nSPS) is 20.6. The van der Waals surface area contributed by atoms with Gasteiger partial charge in [0.15, 0.2) is 5.78 Å². The van der Waals surface area contributed by atoms with Crippen molar-refractivity contribution in [2.24, 2.45) is 0 Å². The third kappa shape index (κ3) is 2.45. The fourth-order valence-electron chi connectivity index (χ4n) is 2.02. The lowest BCUT2D eigenvalue weighted by Gasteiger charge is -2.32. The second-order valence-electron chi connectivity index (χ2n) is 5.88. The highest BCUT2D eigenvalue weighted by atomic mass is 19.1. The molecule has 1 aliphatic rings. The number of hydrogen-bond acceptors (Lipinski definition) is 3. The molecule has 5 heteroatoms. The second kappa shape index (κ2) is 4.42. The Balaban J connectivity index is 2.44. The van der Waals surface area contributed by atoms with E-state index in [2.05, 4.69) is 0 Å². The van der Waals surface area contributed by atoms with Crippen molar-refractivity contribution in [3.05, 3.63) is 29.6 Å². The van der Waals surface area contributed by atoms with Gasteiger partial charge in [0.1, 0.15) is 5.82 Å². The molecule has 0 bridgehead atoms. The van der Waals surface area contributed by atoms with Crippen LogP contribution in [0.2, 0.25) is 0 Å². The zero-order valence-electron chi connectivity index (χ0n) is 11.9. The van der Waals surface area contributed by atoms with Crippen molar-refractivity contribution >= 4 is 18.4 Å². The predicted molar refractivity (Wildman–Crippen MR) is 72.1 cm³/mol. The number of benzene rings is 1. The van der Waals surface area contributed by atoms with Crippen LogP contribution in [0.5, 0.6) is 0 Å². The van der Waals surface area contributed by atoms with Crippen molar-refractivity contribution in [1.29, 1.82) is 0 Å². The zero-order valence-corrected chi connectivity index (χ0v) is 11.9. The number of Topliss-reactive ketones (excluding diaryl/α,β-unsaturated/α-hetero) is 1. The van der Waals surface area contributed by atoms with E-state index in [-0.39, 0.29) is 5.78 Å². The van der Waals surface area contributed by atoms with Crippen molar-refractivity contribution < 1.29 is 18.5 Å². The van der Waals surface area contributed by atoms with Gasteiger partial charge in [-0.25, -0.2) is 4.39 Å². The van der Waals surface area contributed by atoms with Crippen LogP contribution >= 0.6 is 0 Å². The van der Waals surface area contributed by atoms with Crippen LogP contribution in [-0.4, -0.2) is 24.1 Å². The molecule has 0 radical (unpaired) electrons. The Morgan fingerprint density at radius 2 is 1.68 bits per heavy atom. The number of carbonyl (C=O) groups is 1. The van der Waals surface area contributed by atoms with E-state index in [1.165, 1.54) is 25.1 Å². The maximum Gasteiger partial charge on any atom is 0.495 e. The molecule has 1 aromatic carbocycles. The zero-order chi connectivity index (χ0) is 14.4. The molecule has 1 saturated heterocycles. The topological polar surface area (TPSA) is 35.5 Å². The van der Waals surface area contributed by atoms with Gasteiger partial charge in [-0.3, -0.25) is 4.79 Å². The van der Waals surface area contributed by atoms with E-state index in [0.29, 0.717) is 11.0 Å². The fourth-order valence-corrected chi connectivity index (χ4v) is 2.02. The molecular formula is C14H18BFO3. The number of halogens is 1. The summed E-state index contributed by atoms with van der Waals surface area (Å²) < 4.78 is 25.1. The summed E-state index contributed by atoms with van der Waals surface area (Å²) in [5.41, 5.74) is -0.151. The van der Waals surface area contributed by atoms with Gasteiger partial charge in [-0.15, -0.1) is 0 Å². The molecule has 0 spiro atoms. The first-order valence-corrected chi connectivity index (χ1v) is 6.30. The van der Waals surface area contributed by atoms with Gasteiger partial charge in [-0.2, -0.15) is 0 Å². The van der Waals surface area contributed by atoms with Crippen LogP contribution in [0.15, 0.2) is 18.2 Å². The Morgan fingerprint density at radius 3 is 2.16 bits per heavy atom. The Bertz CT molecular complexity index is 509. The van der Waals surface area contributed by atoms with E-state index in [0.717, 1.165) is 0 Å². The molecule has 19 heavy (non-hydrogen) atoms. The first-order valence-electron chi connectivity index (χ1n) is 6.30. The van der Waals surface area contributed by atoms with E-state index in [1.807, 2.05) is 27.7 Å². The molecule has 1 aromatic rings. The maximum absolute atomic E-state index is 13.4. The van der Waals surface area contributed by atoms with Gasteiger partial charge in [-0.1, -0.05) is 0 Å². The van der Waals surface area contributed by atoms with E-state index >= 15 is 0 Å². The first-order chi connectivity index (χ1) is 8.64. The van der Waals surface area contributed by atoms with E-state index in [9.17, 15) is 9.18 Å². The van der Waals surface area contributed by atoms with Crippen LogP contribution in [0, 0.1) is 5.82 Å². The monoisotopic (exact) mass is 264 g/mol. The minimum absolute atomic E-state index is 0.135. The lowest BCUT2D eigenvalue weighted by molar-refractivity contribution is 0.00578. The van der Waals surface area contributed by atoms with Crippen LogP contribution in [0.25, 0.3) is 0 Å². The summed E-state index contributed by atoms with van der Waals surface area (Å²) in [6.45, 7) is 9.11. The van der Waals surface area contributed by atoms with E-state index in [4.69, 9.17) is 9.31 Å². The molecule has 2 rings (SSSR count). The van der Waals surface area contributed by atoms with E-state index in [1.54, 1.807) is 0 Å². The summed E-state index contributed by atoms with van der Waals surface area (Å²) in [5.74, 6) is -0.542. The minimum atomic E-state index is -0.723. The van der Waals surface area contributed by atoms with Gasteiger partial charge in [0.05, 0.1) is 11.2 Å². The fraction of sp³-hybridized carbons (Fsp3) is 0.500. The summed E-state index contributed by atoms with van der Waals surface area (Å²) in [7, 11) is -0.723. The average molecular weight is 264 g/mol. The van der Waals surface area contributed by atoms with Crippen molar-refractivity contribution in [3.8, 4) is 0 Å². The lowest BCUT2D eigenvalue weighted by Crippen LogP contribution is -2.41. The average Bonchev–Trinajstić information content (AvgIpc) is 2.47. The number of carbonyl (C=O) groups excluding carboxylic acids is 1. The highest BCUT2D eigenvalue weighted by molar-refractivity contribution is 6.63. The molecule has 0 unspecified atom stereocenters. The van der Waals surface area contributed by atoms with Crippen LogP contribution in [-0.2, 0) is 9.31 Å². The lowest BCUT2D eigenvalue weighted by atomic mass is 9.75. The quantitative estimate of drug-likeness (QED) is 0.607. The van der Waals surface area contributed by atoms with Gasteiger partial charge < -0.3 is 9.31 Å². The third-order valence-electron chi connectivity index (χ3n) is 3.90. The number of rotatable bonds is 2. The molecule has 1 aliphatic heterocycles. The molecule has 102 valence electrons. The van der Waals surface area contributed by atoms with Gasteiger partial charge in [0.25, 0.3) is 0 Å². The Labute approximate surface area is 113 Å². The molecule has 1 fully saturated rings. The molecular weight excluding hydrogens is 246 g/mol. The summed E-state index contributed by atoms with van der Waals surface area (Å²) in [6, 6.07) is 4.04. The third-order valence-corrected chi connectivity index (χ3v) is 3.90. The van der Waals surface area contributed by atoms with Crippen LogP contribution in [0.4, 0.5) is 4.39 Å². The predicted octanol–water partition coefficient (Wildman–Crippen LogP) is 2.33. The highest BCUT2D eigenvalue weighted by Gasteiger charge is 2.52. The Hall–Kier alpha value is -1.20. The smallest absolute Gasteiger partial charge is 0.399 e. The maximum atomic E-state index is 13.4. The van der Waals surface area contributed by atoms with Crippen molar-refractivity contribution in [1.82, 2.24) is 0 Å². The van der Waals surface area contributed by atoms with Crippen LogP contribution in [0.3, 0.4) is 0 Å². The van der Waals surface area contributed by atoms with E-state index < -0.39 is 24.1 Å². The van der Waals surface area contributed by atoms with Gasteiger partial charge >= 0.3 is 7.12 Å². The number of hydrogen-bond donors (Lipinski definition) is 0. The van der Waals surface area contributed by atoms with Crippen molar-refractivity contribution in [2.75, 3.05) is 0 Å². The summed E-state index contributed by atoms with van der Waals surface area (Å²) >= 11 is 0. The molecule has 3 nitrogen and oxygen atoms in total. The molecule has 1 heterocycles. The SMILES string of the molecule is CC(=O)c1ccc(F)cc1B1OC(C)(C)C(C)(C)O1. The highest BCUT2D eigenvalue weighted by Crippen LogP contribution is 2.36. The van der Waals surface area contributed by atoms with Gasteiger partial charge in [0.2, 0.25) is 0 Å². The van der Waals surface area contributed by atoms with Crippen LogP contribution in [0.1, 0.15) is 45.0 Å². The van der Waals surface area contributed by atoms with Gasteiger partial charge in [-0.05, 0) is 58.3 Å². The van der Waals surface area contributed by atoms with Crippen LogP contribution < -0.4 is 5.46 Å². The Morgan fingerprint density at radius 1 is 1.16 bits per heavy atom. The number of ketones is 1. The molecule has 0 aromatic heterocycles. The Kier molecular flexibility index (Phi) is 3.31. The molecule has 0 amide bonds. The van der Waals surface area contributed by atoms with Crippen molar-refractivity contribution in [2.45, 2.75) is 45.8 Å². The molecule has 0 N–H and O–H groups in total.